The molecule has 246 valence electrons. The van der Waals surface area contributed by atoms with Crippen molar-refractivity contribution in [3.63, 3.8) is 0 Å². The minimum absolute atomic E-state index is 0.286. The summed E-state index contributed by atoms with van der Waals surface area (Å²) < 4.78 is 22.1. The first-order chi connectivity index (χ1) is 26.2. The first-order valence-electron chi connectivity index (χ1n) is 18.0. The van der Waals surface area contributed by atoms with Crippen LogP contribution in [0.3, 0.4) is 0 Å². The van der Waals surface area contributed by atoms with E-state index in [9.17, 15) is 0 Å². The Bertz CT molecular complexity index is 3100. The molecule has 53 heavy (non-hydrogen) atoms. The molecule has 0 saturated carbocycles. The van der Waals surface area contributed by atoms with Crippen molar-refractivity contribution in [1.82, 2.24) is 4.57 Å². The average molecular weight is 678 g/mol. The highest BCUT2D eigenvalue weighted by molar-refractivity contribution is 6.84. The number of fused-ring (bicyclic) bond motifs is 10. The molecule has 10 aromatic rings. The lowest BCUT2D eigenvalue weighted by Gasteiger charge is -2.33. The fraction of sp³-hybridized carbons (Fsp3) is 0. The van der Waals surface area contributed by atoms with Gasteiger partial charge in [0.05, 0.1) is 11.0 Å². The largest absolute Gasteiger partial charge is 0.551 e. The SMILES string of the molecule is c1cc(-c2cc3c4c(c2)-c2ccc(-c5ccc6oc7ccccc7c6c5)cc2OB4c2ccccc2O3)cc(-n2c3ccccc3c3ccccc32)c1. The van der Waals surface area contributed by atoms with Gasteiger partial charge in [0.1, 0.15) is 28.4 Å². The van der Waals surface area contributed by atoms with Gasteiger partial charge in [-0.05, 0) is 94.5 Å². The number of rotatable bonds is 3. The van der Waals surface area contributed by atoms with E-state index in [2.05, 4.69) is 150 Å². The van der Waals surface area contributed by atoms with Gasteiger partial charge in [-0.3, -0.25) is 0 Å². The van der Waals surface area contributed by atoms with Gasteiger partial charge in [0.2, 0.25) is 0 Å². The van der Waals surface area contributed by atoms with E-state index in [1.54, 1.807) is 0 Å². The molecule has 0 bridgehead atoms. The molecule has 0 fully saturated rings. The predicted molar refractivity (Wildman–Crippen MR) is 217 cm³/mol. The molecule has 0 aliphatic carbocycles. The molecule has 0 spiro atoms. The summed E-state index contributed by atoms with van der Waals surface area (Å²) in [6.45, 7) is -0.286. The number of para-hydroxylation sites is 4. The van der Waals surface area contributed by atoms with Crippen molar-refractivity contribution < 1.29 is 13.8 Å². The maximum atomic E-state index is 6.96. The lowest BCUT2D eigenvalue weighted by atomic mass is 9.50. The molecule has 0 radical (unpaired) electrons. The lowest BCUT2D eigenvalue weighted by Crippen LogP contribution is -2.53. The molecule has 12 rings (SSSR count). The number of hydrogen-bond acceptors (Lipinski definition) is 3. The van der Waals surface area contributed by atoms with E-state index in [-0.39, 0.29) is 6.92 Å². The van der Waals surface area contributed by atoms with Crippen molar-refractivity contribution >= 4 is 61.6 Å². The van der Waals surface area contributed by atoms with E-state index in [0.29, 0.717) is 0 Å². The molecule has 0 saturated heterocycles. The van der Waals surface area contributed by atoms with Crippen LogP contribution < -0.4 is 20.3 Å². The van der Waals surface area contributed by atoms with Gasteiger partial charge in [0, 0.05) is 43.7 Å². The van der Waals surface area contributed by atoms with Crippen LogP contribution in [0.15, 0.2) is 174 Å². The second kappa shape index (κ2) is 10.8. The number of nitrogens with zero attached hydrogens (tertiary/aromatic N) is 1. The zero-order valence-corrected chi connectivity index (χ0v) is 28.4. The molecular weight excluding hydrogens is 649 g/mol. The Hall–Kier alpha value is -6.98. The van der Waals surface area contributed by atoms with Crippen LogP contribution in [0.25, 0.3) is 82.8 Å². The second-order valence-electron chi connectivity index (χ2n) is 14.0. The third kappa shape index (κ3) is 4.19. The fourth-order valence-corrected chi connectivity index (χ4v) is 8.64. The van der Waals surface area contributed by atoms with Crippen molar-refractivity contribution in [3.05, 3.63) is 170 Å². The molecule has 2 aromatic heterocycles. The van der Waals surface area contributed by atoms with E-state index in [0.717, 1.165) is 89.2 Å². The molecule has 0 amide bonds. The van der Waals surface area contributed by atoms with E-state index in [4.69, 9.17) is 13.8 Å². The molecular formula is C48H28BNO3. The summed E-state index contributed by atoms with van der Waals surface area (Å²) in [7, 11) is 0. The van der Waals surface area contributed by atoms with Gasteiger partial charge in [-0.15, -0.1) is 0 Å². The van der Waals surface area contributed by atoms with Gasteiger partial charge in [-0.1, -0.05) is 103 Å². The van der Waals surface area contributed by atoms with Crippen LogP contribution in [0.2, 0.25) is 0 Å². The summed E-state index contributed by atoms with van der Waals surface area (Å²) in [6, 6.07) is 60.1. The molecule has 0 atom stereocenters. The maximum Gasteiger partial charge on any atom is 0.434 e. The zero-order chi connectivity index (χ0) is 34.6. The Labute approximate surface area is 305 Å². The highest BCUT2D eigenvalue weighted by Crippen LogP contribution is 2.44. The Balaban J connectivity index is 1.03. The average Bonchev–Trinajstić information content (AvgIpc) is 3.76. The summed E-state index contributed by atoms with van der Waals surface area (Å²) in [5.41, 5.74) is 14.0. The van der Waals surface area contributed by atoms with Crippen molar-refractivity contribution in [1.29, 1.82) is 0 Å². The Morgan fingerprint density at radius 2 is 1.09 bits per heavy atom. The topological polar surface area (TPSA) is 36.5 Å². The van der Waals surface area contributed by atoms with Crippen LogP contribution >= 0.6 is 0 Å². The van der Waals surface area contributed by atoms with Gasteiger partial charge in [0.25, 0.3) is 0 Å². The lowest BCUT2D eigenvalue weighted by molar-refractivity contribution is 0.479. The monoisotopic (exact) mass is 677 g/mol. The summed E-state index contributed by atoms with van der Waals surface area (Å²) >= 11 is 0. The molecule has 4 nitrogen and oxygen atoms in total. The third-order valence-electron chi connectivity index (χ3n) is 11.1. The highest BCUT2D eigenvalue weighted by Gasteiger charge is 2.41. The van der Waals surface area contributed by atoms with Crippen molar-refractivity contribution in [3.8, 4) is 56.3 Å². The van der Waals surface area contributed by atoms with Gasteiger partial charge in [0.15, 0.2) is 0 Å². The molecule has 5 heteroatoms. The van der Waals surface area contributed by atoms with Crippen molar-refractivity contribution in [2.24, 2.45) is 0 Å². The van der Waals surface area contributed by atoms with Crippen LogP contribution in [-0.2, 0) is 0 Å². The maximum absolute atomic E-state index is 6.96. The van der Waals surface area contributed by atoms with E-state index in [1.165, 1.54) is 21.8 Å². The van der Waals surface area contributed by atoms with Gasteiger partial charge in [-0.2, -0.15) is 0 Å². The first-order valence-corrected chi connectivity index (χ1v) is 18.0. The first kappa shape index (κ1) is 28.7. The summed E-state index contributed by atoms with van der Waals surface area (Å²) in [5.74, 6) is 2.51. The number of hydrogen-bond donors (Lipinski definition) is 0. The molecule has 0 unspecified atom stereocenters. The Kier molecular flexibility index (Phi) is 5.83. The Morgan fingerprint density at radius 1 is 0.415 bits per heavy atom. The van der Waals surface area contributed by atoms with Crippen molar-refractivity contribution in [2.75, 3.05) is 0 Å². The predicted octanol–water partition coefficient (Wildman–Crippen LogP) is 11.3. The summed E-state index contributed by atoms with van der Waals surface area (Å²) in [5, 5.41) is 4.73. The van der Waals surface area contributed by atoms with Gasteiger partial charge < -0.3 is 18.4 Å². The van der Waals surface area contributed by atoms with E-state index >= 15 is 0 Å². The molecule has 4 heterocycles. The number of furan rings is 1. The zero-order valence-electron chi connectivity index (χ0n) is 28.4. The minimum atomic E-state index is -0.286. The number of ether oxygens (including phenoxy) is 1. The fourth-order valence-electron chi connectivity index (χ4n) is 8.64. The van der Waals surface area contributed by atoms with Crippen LogP contribution in [-0.4, -0.2) is 11.5 Å². The summed E-state index contributed by atoms with van der Waals surface area (Å²) in [6.07, 6.45) is 0. The van der Waals surface area contributed by atoms with Crippen LogP contribution in [0.1, 0.15) is 0 Å². The van der Waals surface area contributed by atoms with Crippen LogP contribution in [0.5, 0.6) is 17.2 Å². The summed E-state index contributed by atoms with van der Waals surface area (Å²) in [4.78, 5) is 0. The molecule has 2 aliphatic heterocycles. The van der Waals surface area contributed by atoms with E-state index < -0.39 is 0 Å². The molecule has 8 aromatic carbocycles. The quantitative estimate of drug-likeness (QED) is 0.175. The minimum Gasteiger partial charge on any atom is -0.551 e. The molecule has 2 aliphatic rings. The smallest absolute Gasteiger partial charge is 0.434 e. The van der Waals surface area contributed by atoms with Gasteiger partial charge in [-0.25, -0.2) is 0 Å². The third-order valence-corrected chi connectivity index (χ3v) is 11.1. The standard InChI is InChI=1S/C48H28BNO3/c1-5-16-41-34(12-1)35-13-2-6-17-42(35)50(41)33-11-9-10-29(24-33)32-26-39-37-22-20-31(30-21-23-44-38(25-30)36-14-3-7-18-43(36)51-44)27-46(37)53-49-40-15-4-8-19-45(40)52-47(28-32)48(39)49/h1-28H. The normalized spacial score (nSPS) is 12.8. The van der Waals surface area contributed by atoms with Crippen LogP contribution in [0.4, 0.5) is 0 Å². The number of benzene rings is 8. The molecule has 0 N–H and O–H groups in total. The number of aromatic nitrogens is 1. The van der Waals surface area contributed by atoms with Crippen molar-refractivity contribution in [2.45, 2.75) is 0 Å². The van der Waals surface area contributed by atoms with Crippen LogP contribution in [0, 0.1) is 0 Å². The highest BCUT2D eigenvalue weighted by atomic mass is 16.5. The Morgan fingerprint density at radius 3 is 1.96 bits per heavy atom. The second-order valence-corrected chi connectivity index (χ2v) is 14.0. The van der Waals surface area contributed by atoms with Gasteiger partial charge >= 0.3 is 6.92 Å². The van der Waals surface area contributed by atoms with E-state index in [1.807, 2.05) is 24.3 Å².